The van der Waals surface area contributed by atoms with E-state index in [-0.39, 0.29) is 5.78 Å². The molecular weight excluding hydrogens is 268 g/mol. The van der Waals surface area contributed by atoms with E-state index < -0.39 is 0 Å². The molecule has 0 radical (unpaired) electrons. The maximum absolute atomic E-state index is 11.9. The van der Waals surface area contributed by atoms with Crippen molar-refractivity contribution in [2.24, 2.45) is 0 Å². The highest BCUT2D eigenvalue weighted by Crippen LogP contribution is 2.30. The van der Waals surface area contributed by atoms with Gasteiger partial charge in [-0.1, -0.05) is 19.3 Å². The summed E-state index contributed by atoms with van der Waals surface area (Å²) in [6, 6.07) is 0. The van der Waals surface area contributed by atoms with Gasteiger partial charge in [0.05, 0.1) is 17.0 Å². The Bertz CT molecular complexity index is 483. The van der Waals surface area contributed by atoms with E-state index in [1.165, 1.54) is 32.1 Å². The van der Waals surface area contributed by atoms with Crippen LogP contribution in [0.2, 0.25) is 0 Å². The van der Waals surface area contributed by atoms with Crippen molar-refractivity contribution in [2.75, 3.05) is 0 Å². The Morgan fingerprint density at radius 2 is 1.90 bits per heavy atom. The summed E-state index contributed by atoms with van der Waals surface area (Å²) in [5.74, 6) is 2.03. The average Bonchev–Trinajstić information content (AvgIpc) is 2.68. The third-order valence-corrected chi connectivity index (χ3v) is 5.65. The van der Waals surface area contributed by atoms with Crippen molar-refractivity contribution in [2.45, 2.75) is 68.8 Å². The number of ketones is 1. The van der Waals surface area contributed by atoms with E-state index >= 15 is 0 Å². The van der Waals surface area contributed by atoms with Crippen molar-refractivity contribution in [3.05, 3.63) is 23.3 Å². The molecule has 0 amide bonds. The van der Waals surface area contributed by atoms with E-state index in [1.807, 2.05) is 11.8 Å². The minimum atomic E-state index is 0.226. The molecule has 1 aromatic heterocycles. The molecule has 0 aliphatic heterocycles. The van der Waals surface area contributed by atoms with Crippen molar-refractivity contribution in [3.63, 3.8) is 0 Å². The zero-order valence-electron chi connectivity index (χ0n) is 11.9. The molecule has 0 N–H and O–H groups in total. The second-order valence-electron chi connectivity index (χ2n) is 5.85. The zero-order chi connectivity index (χ0) is 13.8. The molecular formula is C16H22N2OS. The molecule has 0 saturated heterocycles. The maximum Gasteiger partial charge on any atom is 0.166 e. The molecule has 0 bridgehead atoms. The zero-order valence-corrected chi connectivity index (χ0v) is 12.8. The lowest BCUT2D eigenvalue weighted by molar-refractivity contribution is 0.0981. The van der Waals surface area contributed by atoms with E-state index in [4.69, 9.17) is 0 Å². The van der Waals surface area contributed by atoms with Crippen molar-refractivity contribution < 1.29 is 4.79 Å². The van der Waals surface area contributed by atoms with Crippen LogP contribution < -0.4 is 0 Å². The first-order valence-corrected chi connectivity index (χ1v) is 8.87. The van der Waals surface area contributed by atoms with Crippen LogP contribution in [0.4, 0.5) is 0 Å². The summed E-state index contributed by atoms with van der Waals surface area (Å²) in [5, 5.41) is 0.785. The number of hydrogen-bond acceptors (Lipinski definition) is 4. The number of carbonyl (C=O) groups is 1. The average molecular weight is 290 g/mol. The quantitative estimate of drug-likeness (QED) is 0.790. The standard InChI is InChI=1S/C16H22N2OS/c19-15-9-5-4-8-14-13(15)10-17-16(18-14)11-20-12-6-2-1-3-7-12/h10,12H,1-9,11H2. The van der Waals surface area contributed by atoms with Gasteiger partial charge in [0.25, 0.3) is 0 Å². The smallest absolute Gasteiger partial charge is 0.166 e. The van der Waals surface area contributed by atoms with Gasteiger partial charge in [0.2, 0.25) is 0 Å². The van der Waals surface area contributed by atoms with Crippen molar-refractivity contribution in [1.82, 2.24) is 9.97 Å². The van der Waals surface area contributed by atoms with Crippen LogP contribution in [0.5, 0.6) is 0 Å². The summed E-state index contributed by atoms with van der Waals surface area (Å²) in [6.45, 7) is 0. The van der Waals surface area contributed by atoms with Crippen LogP contribution in [0.25, 0.3) is 0 Å². The molecule has 3 rings (SSSR count). The van der Waals surface area contributed by atoms with E-state index in [1.54, 1.807) is 6.20 Å². The van der Waals surface area contributed by atoms with Crippen molar-refractivity contribution in [3.8, 4) is 0 Å². The number of fused-ring (bicyclic) bond motifs is 1. The van der Waals surface area contributed by atoms with Gasteiger partial charge in [-0.2, -0.15) is 11.8 Å². The first kappa shape index (κ1) is 14.1. The molecule has 0 unspecified atom stereocenters. The van der Waals surface area contributed by atoms with Crippen molar-refractivity contribution in [1.29, 1.82) is 0 Å². The molecule has 2 aliphatic rings. The van der Waals surface area contributed by atoms with Gasteiger partial charge in [-0.15, -0.1) is 0 Å². The third-order valence-electron chi connectivity index (χ3n) is 4.29. The van der Waals surface area contributed by atoms with Crippen LogP contribution in [0.15, 0.2) is 6.20 Å². The molecule has 1 heterocycles. The first-order chi connectivity index (χ1) is 9.83. The van der Waals surface area contributed by atoms with Crippen molar-refractivity contribution >= 4 is 17.5 Å². The van der Waals surface area contributed by atoms with Crippen LogP contribution in [0.3, 0.4) is 0 Å². The fourth-order valence-electron chi connectivity index (χ4n) is 3.09. The Morgan fingerprint density at radius 3 is 2.75 bits per heavy atom. The largest absolute Gasteiger partial charge is 0.294 e. The van der Waals surface area contributed by atoms with E-state index in [9.17, 15) is 4.79 Å². The first-order valence-electron chi connectivity index (χ1n) is 7.82. The van der Waals surface area contributed by atoms with Crippen LogP contribution in [0, 0.1) is 0 Å². The summed E-state index contributed by atoms with van der Waals surface area (Å²) in [5.41, 5.74) is 1.76. The van der Waals surface area contributed by atoms with Gasteiger partial charge >= 0.3 is 0 Å². The van der Waals surface area contributed by atoms with Gasteiger partial charge in [-0.3, -0.25) is 4.79 Å². The number of carbonyl (C=O) groups excluding carboxylic acids is 1. The van der Waals surface area contributed by atoms with Crippen LogP contribution in [0.1, 0.15) is 73.2 Å². The minimum Gasteiger partial charge on any atom is -0.294 e. The summed E-state index contributed by atoms with van der Waals surface area (Å²) in [4.78, 5) is 21.0. The summed E-state index contributed by atoms with van der Waals surface area (Å²) in [6.07, 6.45) is 12.3. The molecule has 0 atom stereocenters. The SMILES string of the molecule is O=C1CCCCc2nc(CSC3CCCCC3)ncc21. The fourth-order valence-corrected chi connectivity index (χ4v) is 4.28. The van der Waals surface area contributed by atoms with Gasteiger partial charge in [0.15, 0.2) is 5.78 Å². The molecule has 20 heavy (non-hydrogen) atoms. The van der Waals surface area contributed by atoms with Crippen LogP contribution in [-0.2, 0) is 12.2 Å². The van der Waals surface area contributed by atoms with Gasteiger partial charge in [-0.25, -0.2) is 9.97 Å². The Morgan fingerprint density at radius 1 is 1.10 bits per heavy atom. The van der Waals surface area contributed by atoms with Gasteiger partial charge in [-0.05, 0) is 32.1 Å². The summed E-state index contributed by atoms with van der Waals surface area (Å²) in [7, 11) is 0. The predicted molar refractivity (Wildman–Crippen MR) is 82.1 cm³/mol. The number of Topliss-reactive ketones (excluding diaryl/α,β-unsaturated/α-hetero) is 1. The lowest BCUT2D eigenvalue weighted by atomic mass is 10.0. The molecule has 2 aliphatic carbocycles. The maximum atomic E-state index is 11.9. The lowest BCUT2D eigenvalue weighted by Gasteiger charge is -2.20. The van der Waals surface area contributed by atoms with E-state index in [2.05, 4.69) is 9.97 Å². The monoisotopic (exact) mass is 290 g/mol. The molecule has 0 spiro atoms. The molecule has 3 nitrogen and oxygen atoms in total. The van der Waals surface area contributed by atoms with Crippen LogP contribution in [-0.4, -0.2) is 21.0 Å². The lowest BCUT2D eigenvalue weighted by Crippen LogP contribution is -2.10. The number of hydrogen-bond donors (Lipinski definition) is 0. The molecule has 1 aromatic rings. The van der Waals surface area contributed by atoms with E-state index in [0.717, 1.165) is 47.3 Å². The number of aryl methyl sites for hydroxylation is 1. The van der Waals surface area contributed by atoms with Crippen LogP contribution >= 0.6 is 11.8 Å². The molecule has 1 fully saturated rings. The molecule has 1 saturated carbocycles. The molecule has 108 valence electrons. The van der Waals surface area contributed by atoms with Gasteiger partial charge < -0.3 is 0 Å². The summed E-state index contributed by atoms with van der Waals surface area (Å²) < 4.78 is 0. The fraction of sp³-hybridized carbons (Fsp3) is 0.688. The Labute approximate surface area is 125 Å². The topological polar surface area (TPSA) is 42.9 Å². The number of thioether (sulfide) groups is 1. The highest BCUT2D eigenvalue weighted by Gasteiger charge is 2.19. The highest BCUT2D eigenvalue weighted by atomic mass is 32.2. The normalized spacial score (nSPS) is 20.5. The Kier molecular flexibility index (Phi) is 4.71. The second kappa shape index (κ2) is 6.70. The number of nitrogens with zero attached hydrogens (tertiary/aromatic N) is 2. The Hall–Kier alpha value is -0.900. The van der Waals surface area contributed by atoms with E-state index in [0.29, 0.717) is 6.42 Å². The Balaban J connectivity index is 1.65. The summed E-state index contributed by atoms with van der Waals surface area (Å²) >= 11 is 2.00. The molecule has 4 heteroatoms. The van der Waals surface area contributed by atoms with Gasteiger partial charge in [0.1, 0.15) is 5.82 Å². The predicted octanol–water partition coefficient (Wildman–Crippen LogP) is 3.95. The third kappa shape index (κ3) is 3.40. The second-order valence-corrected chi connectivity index (χ2v) is 7.14. The molecule has 0 aromatic carbocycles. The highest BCUT2D eigenvalue weighted by molar-refractivity contribution is 7.99. The minimum absolute atomic E-state index is 0.226. The van der Waals surface area contributed by atoms with Gasteiger partial charge in [0, 0.05) is 17.9 Å². The number of aromatic nitrogens is 2. The number of rotatable bonds is 3.